The monoisotopic (exact) mass is 444 g/mol. The Bertz CT molecular complexity index is 976. The van der Waals surface area contributed by atoms with E-state index >= 15 is 0 Å². The number of ether oxygens (including phenoxy) is 2. The predicted octanol–water partition coefficient (Wildman–Crippen LogP) is 1.54. The van der Waals surface area contributed by atoms with Crippen LogP contribution in [0.5, 0.6) is 5.75 Å². The quantitative estimate of drug-likeness (QED) is 0.415. The molecule has 164 valence electrons. The highest BCUT2D eigenvalue weighted by molar-refractivity contribution is 7.19. The zero-order valence-electron chi connectivity index (χ0n) is 17.2. The van der Waals surface area contributed by atoms with Gasteiger partial charge in [-0.05, 0) is 24.1 Å². The minimum Gasteiger partial charge on any atom is -0.497 e. The van der Waals surface area contributed by atoms with Gasteiger partial charge in [0.1, 0.15) is 18.2 Å². The molecule has 0 saturated carbocycles. The van der Waals surface area contributed by atoms with Crippen molar-refractivity contribution in [2.45, 2.75) is 24.8 Å². The van der Waals surface area contributed by atoms with Crippen LogP contribution in [0.3, 0.4) is 0 Å². The van der Waals surface area contributed by atoms with Crippen molar-refractivity contribution in [1.82, 2.24) is 25.4 Å². The second-order valence-corrected chi connectivity index (χ2v) is 7.96. The molecule has 0 spiro atoms. The van der Waals surface area contributed by atoms with Crippen LogP contribution in [0.4, 0.5) is 16.1 Å². The number of aliphatic hydroxyl groups is 1. The van der Waals surface area contributed by atoms with Crippen molar-refractivity contribution in [3.05, 3.63) is 42.4 Å². The average Bonchev–Trinajstić information content (AvgIpc) is 3.45. The Morgan fingerprint density at radius 2 is 2.10 bits per heavy atom. The fourth-order valence-corrected chi connectivity index (χ4v) is 4.21. The summed E-state index contributed by atoms with van der Waals surface area (Å²) in [5.74, 6) is 1.45. The SMILES string of the molecule is COc1cccc([C@@H](OC)C(O)Nc2nnc(N[C@@H]3CCN(c4cncnn4)C3)s2)c1. The highest BCUT2D eigenvalue weighted by Gasteiger charge is 2.26. The highest BCUT2D eigenvalue weighted by atomic mass is 32.1. The van der Waals surface area contributed by atoms with Crippen LogP contribution in [0, 0.1) is 0 Å². The maximum absolute atomic E-state index is 10.6. The Morgan fingerprint density at radius 1 is 1.23 bits per heavy atom. The van der Waals surface area contributed by atoms with E-state index in [1.807, 2.05) is 24.3 Å². The van der Waals surface area contributed by atoms with Crippen LogP contribution < -0.4 is 20.3 Å². The van der Waals surface area contributed by atoms with Crippen LogP contribution in [0.2, 0.25) is 0 Å². The van der Waals surface area contributed by atoms with Gasteiger partial charge in [-0.25, -0.2) is 4.98 Å². The topological polar surface area (TPSA) is 130 Å². The molecule has 1 saturated heterocycles. The molecule has 0 aliphatic carbocycles. The molecule has 3 heterocycles. The van der Waals surface area contributed by atoms with Crippen molar-refractivity contribution in [2.24, 2.45) is 0 Å². The van der Waals surface area contributed by atoms with Gasteiger partial charge in [-0.3, -0.25) is 0 Å². The lowest BCUT2D eigenvalue weighted by Gasteiger charge is -2.22. The molecule has 12 heteroatoms. The van der Waals surface area contributed by atoms with Gasteiger partial charge in [-0.2, -0.15) is 0 Å². The third-order valence-electron chi connectivity index (χ3n) is 4.97. The maximum Gasteiger partial charge on any atom is 0.209 e. The summed E-state index contributed by atoms with van der Waals surface area (Å²) < 4.78 is 10.7. The standard InChI is InChI=1S/C19H24N8O3S/c1-29-14-5-3-4-12(8-14)16(30-2)17(28)23-19-26-25-18(31-19)22-13-6-7-27(10-13)15-9-20-11-21-24-15/h3-5,8-9,11,13,16-17,28H,6-7,10H2,1-2H3,(H,22,25)(H,23,26)/t13-,16-,17?/m1/s1. The number of rotatable bonds is 9. The van der Waals surface area contributed by atoms with Crippen molar-refractivity contribution in [3.63, 3.8) is 0 Å². The van der Waals surface area contributed by atoms with Crippen molar-refractivity contribution in [3.8, 4) is 5.75 Å². The molecule has 1 aliphatic heterocycles. The molecule has 1 unspecified atom stereocenters. The summed E-state index contributed by atoms with van der Waals surface area (Å²) in [7, 11) is 3.14. The van der Waals surface area contributed by atoms with Gasteiger partial charge in [0.05, 0.1) is 13.3 Å². The Morgan fingerprint density at radius 3 is 2.87 bits per heavy atom. The van der Waals surface area contributed by atoms with Crippen LogP contribution in [-0.4, -0.2) is 70.1 Å². The number of aromatic nitrogens is 5. The van der Waals surface area contributed by atoms with Gasteiger partial charge in [-0.15, -0.1) is 20.4 Å². The summed E-state index contributed by atoms with van der Waals surface area (Å²) in [6, 6.07) is 7.58. The first-order valence-corrected chi connectivity index (χ1v) is 10.6. The number of hydrogen-bond acceptors (Lipinski definition) is 12. The number of anilines is 3. The van der Waals surface area contributed by atoms with E-state index in [-0.39, 0.29) is 6.04 Å². The number of methoxy groups -OCH3 is 2. The van der Waals surface area contributed by atoms with E-state index in [2.05, 4.69) is 40.9 Å². The predicted molar refractivity (Wildman–Crippen MR) is 116 cm³/mol. The Kier molecular flexibility index (Phi) is 6.70. The number of nitrogens with zero attached hydrogens (tertiary/aromatic N) is 6. The molecule has 11 nitrogen and oxygen atoms in total. The molecule has 4 rings (SSSR count). The molecule has 1 aliphatic rings. The average molecular weight is 445 g/mol. The largest absolute Gasteiger partial charge is 0.497 e. The molecular weight excluding hydrogens is 420 g/mol. The van der Waals surface area contributed by atoms with E-state index in [1.165, 1.54) is 17.7 Å². The summed E-state index contributed by atoms with van der Waals surface area (Å²) >= 11 is 1.33. The van der Waals surface area contributed by atoms with Crippen LogP contribution in [0.25, 0.3) is 0 Å². The zero-order valence-corrected chi connectivity index (χ0v) is 18.0. The van der Waals surface area contributed by atoms with Crippen molar-refractivity contribution >= 4 is 27.4 Å². The summed E-state index contributed by atoms with van der Waals surface area (Å²) in [4.78, 5) is 6.14. The van der Waals surface area contributed by atoms with Gasteiger partial charge in [-0.1, -0.05) is 23.5 Å². The fourth-order valence-electron chi connectivity index (χ4n) is 3.45. The van der Waals surface area contributed by atoms with Crippen molar-refractivity contribution in [1.29, 1.82) is 0 Å². The minimum atomic E-state index is -1.01. The van der Waals surface area contributed by atoms with Crippen LogP contribution in [0.1, 0.15) is 18.1 Å². The van der Waals surface area contributed by atoms with Gasteiger partial charge in [0.15, 0.2) is 12.0 Å². The molecule has 31 heavy (non-hydrogen) atoms. The number of aliphatic hydroxyl groups excluding tert-OH is 1. The van der Waals surface area contributed by atoms with E-state index in [9.17, 15) is 5.11 Å². The number of nitrogens with one attached hydrogen (secondary N) is 2. The van der Waals surface area contributed by atoms with Crippen LogP contribution in [0.15, 0.2) is 36.8 Å². The van der Waals surface area contributed by atoms with Gasteiger partial charge >= 0.3 is 0 Å². The van der Waals surface area contributed by atoms with E-state index in [4.69, 9.17) is 9.47 Å². The molecule has 0 amide bonds. The van der Waals surface area contributed by atoms with Crippen LogP contribution in [-0.2, 0) is 4.74 Å². The summed E-state index contributed by atoms with van der Waals surface area (Å²) in [5, 5.41) is 34.4. The van der Waals surface area contributed by atoms with E-state index < -0.39 is 12.3 Å². The fraction of sp³-hybridized carbons (Fsp3) is 0.421. The molecule has 3 aromatic rings. The lowest BCUT2D eigenvalue weighted by molar-refractivity contribution is 0.00112. The molecular formula is C19H24N8O3S. The van der Waals surface area contributed by atoms with E-state index in [0.717, 1.165) is 30.9 Å². The molecule has 3 N–H and O–H groups in total. The normalized spacial score (nSPS) is 17.9. The lowest BCUT2D eigenvalue weighted by atomic mass is 10.1. The Hall–Kier alpha value is -3.09. The first-order chi connectivity index (χ1) is 15.2. The van der Waals surface area contributed by atoms with E-state index in [1.54, 1.807) is 20.4 Å². The van der Waals surface area contributed by atoms with Crippen LogP contribution >= 0.6 is 11.3 Å². The summed E-state index contributed by atoms with van der Waals surface area (Å²) in [6.07, 6.45) is 2.45. The molecule has 0 bridgehead atoms. The first-order valence-electron chi connectivity index (χ1n) is 9.75. The lowest BCUT2D eigenvalue weighted by Crippen LogP contribution is -2.28. The van der Waals surface area contributed by atoms with Gasteiger partial charge in [0.25, 0.3) is 0 Å². The molecule has 2 aromatic heterocycles. The van der Waals surface area contributed by atoms with Crippen molar-refractivity contribution in [2.75, 3.05) is 42.8 Å². The smallest absolute Gasteiger partial charge is 0.209 e. The summed E-state index contributed by atoms with van der Waals surface area (Å²) in [6.45, 7) is 1.63. The summed E-state index contributed by atoms with van der Waals surface area (Å²) in [5.41, 5.74) is 0.786. The second kappa shape index (κ2) is 9.81. The van der Waals surface area contributed by atoms with E-state index in [0.29, 0.717) is 16.0 Å². The zero-order chi connectivity index (χ0) is 21.6. The molecule has 1 fully saturated rings. The third-order valence-corrected chi connectivity index (χ3v) is 5.75. The van der Waals surface area contributed by atoms with Crippen molar-refractivity contribution < 1.29 is 14.6 Å². The Balaban J connectivity index is 1.34. The number of benzene rings is 1. The van der Waals surface area contributed by atoms with Gasteiger partial charge in [0.2, 0.25) is 10.3 Å². The molecule has 3 atom stereocenters. The Labute approximate surface area is 183 Å². The van der Waals surface area contributed by atoms with Gasteiger partial charge in [0, 0.05) is 26.2 Å². The molecule has 0 radical (unpaired) electrons. The maximum atomic E-state index is 10.6. The first kappa shape index (κ1) is 21.2. The third kappa shape index (κ3) is 5.16. The molecule has 1 aromatic carbocycles. The minimum absolute atomic E-state index is 0.205. The number of hydrogen-bond donors (Lipinski definition) is 3. The van der Waals surface area contributed by atoms with Gasteiger partial charge < -0.3 is 30.1 Å². The second-order valence-electron chi connectivity index (χ2n) is 6.98. The highest BCUT2D eigenvalue weighted by Crippen LogP contribution is 2.28.